The minimum absolute atomic E-state index is 0.203. The van der Waals surface area contributed by atoms with E-state index in [0.29, 0.717) is 19.5 Å². The molecule has 2 N–H and O–H groups in total. The van der Waals surface area contributed by atoms with Gasteiger partial charge in [-0.3, -0.25) is 4.79 Å². The number of nitrogens with one attached hydrogen (secondary N) is 1. The summed E-state index contributed by atoms with van der Waals surface area (Å²) in [4.78, 5) is 24.0. The predicted molar refractivity (Wildman–Crippen MR) is 80.4 cm³/mol. The highest BCUT2D eigenvalue weighted by atomic mass is 79.9. The molecule has 0 bridgehead atoms. The molecule has 1 unspecified atom stereocenters. The smallest absolute Gasteiger partial charge is 0.317 e. The Hall–Kier alpha value is -1.56. The molecule has 6 heteroatoms. The molecule has 1 atom stereocenters. The van der Waals surface area contributed by atoms with E-state index in [2.05, 4.69) is 21.2 Å². The summed E-state index contributed by atoms with van der Waals surface area (Å²) < 4.78 is 0.996. The highest BCUT2D eigenvalue weighted by Gasteiger charge is 2.12. The molecule has 0 aromatic heterocycles. The summed E-state index contributed by atoms with van der Waals surface area (Å²) in [6, 6.07) is 7.54. The van der Waals surface area contributed by atoms with Crippen LogP contribution in [-0.4, -0.2) is 35.6 Å². The van der Waals surface area contributed by atoms with Crippen LogP contribution in [0, 0.1) is 5.92 Å². The van der Waals surface area contributed by atoms with Crippen LogP contribution in [0.4, 0.5) is 4.79 Å². The Bertz CT molecular complexity index is 462. The average Bonchev–Trinajstić information content (AvgIpc) is 2.40. The first-order valence-electron chi connectivity index (χ1n) is 6.36. The van der Waals surface area contributed by atoms with Gasteiger partial charge in [-0.15, -0.1) is 0 Å². The van der Waals surface area contributed by atoms with Crippen LogP contribution in [0.25, 0.3) is 0 Å². The van der Waals surface area contributed by atoms with Gasteiger partial charge in [-0.2, -0.15) is 0 Å². The van der Waals surface area contributed by atoms with E-state index in [-0.39, 0.29) is 6.03 Å². The summed E-state index contributed by atoms with van der Waals surface area (Å²) in [6.07, 6.45) is 0.424. The molecule has 1 rings (SSSR count). The topological polar surface area (TPSA) is 69.6 Å². The largest absolute Gasteiger partial charge is 0.481 e. The van der Waals surface area contributed by atoms with Gasteiger partial charge in [-0.25, -0.2) is 4.79 Å². The number of hydrogen-bond donors (Lipinski definition) is 2. The van der Waals surface area contributed by atoms with Gasteiger partial charge in [0.25, 0.3) is 0 Å². The van der Waals surface area contributed by atoms with Crippen molar-refractivity contribution in [2.75, 3.05) is 13.6 Å². The number of halogens is 1. The minimum atomic E-state index is -0.845. The molecule has 20 heavy (non-hydrogen) atoms. The fourth-order valence-corrected chi connectivity index (χ4v) is 1.85. The van der Waals surface area contributed by atoms with E-state index >= 15 is 0 Å². The molecule has 110 valence electrons. The van der Waals surface area contributed by atoms with E-state index in [9.17, 15) is 9.59 Å². The fourth-order valence-electron chi connectivity index (χ4n) is 1.59. The van der Waals surface area contributed by atoms with Crippen LogP contribution in [0.3, 0.4) is 0 Å². The Kier molecular flexibility index (Phi) is 6.51. The van der Waals surface area contributed by atoms with Crippen molar-refractivity contribution in [2.24, 2.45) is 5.92 Å². The summed E-state index contributed by atoms with van der Waals surface area (Å²) in [7, 11) is 1.71. The van der Waals surface area contributed by atoms with Gasteiger partial charge in [-0.1, -0.05) is 35.0 Å². The minimum Gasteiger partial charge on any atom is -0.481 e. The van der Waals surface area contributed by atoms with Gasteiger partial charge >= 0.3 is 12.0 Å². The highest BCUT2D eigenvalue weighted by Crippen LogP contribution is 2.11. The average molecular weight is 343 g/mol. The Morgan fingerprint density at radius 2 is 1.95 bits per heavy atom. The molecular formula is C14H19BrN2O3. The molecule has 0 saturated carbocycles. The second-order valence-corrected chi connectivity index (χ2v) is 5.66. The van der Waals surface area contributed by atoms with Gasteiger partial charge in [0.05, 0.1) is 5.92 Å². The van der Waals surface area contributed by atoms with E-state index in [0.717, 1.165) is 10.0 Å². The van der Waals surface area contributed by atoms with Crippen LogP contribution in [0.15, 0.2) is 28.7 Å². The molecule has 0 saturated heterocycles. The van der Waals surface area contributed by atoms with Gasteiger partial charge in [0.15, 0.2) is 0 Å². The number of carbonyl (C=O) groups excluding carboxylic acids is 1. The lowest BCUT2D eigenvalue weighted by molar-refractivity contribution is -0.141. The first kappa shape index (κ1) is 16.5. The first-order chi connectivity index (χ1) is 9.40. The van der Waals surface area contributed by atoms with Crippen molar-refractivity contribution < 1.29 is 14.7 Å². The van der Waals surface area contributed by atoms with Crippen molar-refractivity contribution in [3.8, 4) is 0 Å². The monoisotopic (exact) mass is 342 g/mol. The molecule has 0 heterocycles. The number of hydrogen-bond acceptors (Lipinski definition) is 2. The molecule has 0 fully saturated rings. The van der Waals surface area contributed by atoms with Gasteiger partial charge in [0.1, 0.15) is 0 Å². The zero-order valence-electron chi connectivity index (χ0n) is 11.6. The number of nitrogens with zero attached hydrogens (tertiary/aromatic N) is 1. The van der Waals surface area contributed by atoms with E-state index < -0.39 is 11.9 Å². The van der Waals surface area contributed by atoms with Crippen LogP contribution in [-0.2, 0) is 11.3 Å². The number of aliphatic carboxylic acids is 1. The van der Waals surface area contributed by atoms with E-state index in [1.807, 2.05) is 24.3 Å². The molecule has 0 aliphatic rings. The molecule has 0 aliphatic carbocycles. The third-order valence-corrected chi connectivity index (χ3v) is 3.48. The molecule has 0 radical (unpaired) electrons. The van der Waals surface area contributed by atoms with Crippen molar-refractivity contribution in [3.63, 3.8) is 0 Å². The summed E-state index contributed by atoms with van der Waals surface area (Å²) in [5.41, 5.74) is 1.03. The number of benzene rings is 1. The van der Waals surface area contributed by atoms with Gasteiger partial charge in [-0.05, 0) is 24.1 Å². The third-order valence-electron chi connectivity index (χ3n) is 2.95. The van der Waals surface area contributed by atoms with Crippen molar-refractivity contribution in [1.29, 1.82) is 0 Å². The first-order valence-corrected chi connectivity index (χ1v) is 7.15. The van der Waals surface area contributed by atoms with E-state index in [1.54, 1.807) is 18.9 Å². The number of amides is 2. The number of carboxylic acids is 1. The lowest BCUT2D eigenvalue weighted by atomic mass is 10.1. The maximum Gasteiger partial charge on any atom is 0.317 e. The Balaban J connectivity index is 2.35. The summed E-state index contributed by atoms with van der Waals surface area (Å²) in [5, 5.41) is 11.5. The molecule has 0 aliphatic heterocycles. The summed E-state index contributed by atoms with van der Waals surface area (Å²) >= 11 is 3.36. The van der Waals surface area contributed by atoms with Crippen molar-refractivity contribution in [3.05, 3.63) is 34.3 Å². The molecular weight excluding hydrogens is 324 g/mol. The van der Waals surface area contributed by atoms with Crippen LogP contribution >= 0.6 is 15.9 Å². The number of rotatable bonds is 6. The third kappa shape index (κ3) is 5.61. The van der Waals surface area contributed by atoms with Crippen LogP contribution in [0.5, 0.6) is 0 Å². The molecule has 5 nitrogen and oxygen atoms in total. The lowest BCUT2D eigenvalue weighted by Gasteiger charge is -2.18. The molecule has 1 aromatic rings. The normalized spacial score (nSPS) is 11.8. The zero-order chi connectivity index (χ0) is 15.1. The molecule has 0 spiro atoms. The Labute approximate surface area is 127 Å². The van der Waals surface area contributed by atoms with Gasteiger partial charge in [0, 0.05) is 24.6 Å². The maximum atomic E-state index is 11.8. The highest BCUT2D eigenvalue weighted by molar-refractivity contribution is 9.10. The van der Waals surface area contributed by atoms with Crippen molar-refractivity contribution in [2.45, 2.75) is 19.9 Å². The van der Waals surface area contributed by atoms with Crippen molar-refractivity contribution >= 4 is 27.9 Å². The number of urea groups is 1. The lowest BCUT2D eigenvalue weighted by Crippen LogP contribution is -2.37. The number of carbonyl (C=O) groups is 2. The van der Waals surface area contributed by atoms with E-state index in [4.69, 9.17) is 5.11 Å². The van der Waals surface area contributed by atoms with E-state index in [1.165, 1.54) is 0 Å². The standard InChI is InChI=1S/C14H19BrN2O3/c1-10(13(18)19)7-8-16-14(20)17(2)9-11-3-5-12(15)6-4-11/h3-6,10H,7-9H2,1-2H3,(H,16,20)(H,18,19). The molecule has 1 aromatic carbocycles. The van der Waals surface area contributed by atoms with Gasteiger partial charge in [0.2, 0.25) is 0 Å². The maximum absolute atomic E-state index is 11.8. The SMILES string of the molecule is CC(CCNC(=O)N(C)Cc1ccc(Br)cc1)C(=O)O. The van der Waals surface area contributed by atoms with Gasteiger partial charge < -0.3 is 15.3 Å². The van der Waals surface area contributed by atoms with Crippen LogP contribution in [0.1, 0.15) is 18.9 Å². The zero-order valence-corrected chi connectivity index (χ0v) is 13.2. The summed E-state index contributed by atoms with van der Waals surface area (Å²) in [5.74, 6) is -1.30. The van der Waals surface area contributed by atoms with Crippen molar-refractivity contribution in [1.82, 2.24) is 10.2 Å². The quantitative estimate of drug-likeness (QED) is 0.834. The second kappa shape index (κ2) is 7.89. The van der Waals surface area contributed by atoms with Crippen LogP contribution in [0.2, 0.25) is 0 Å². The Morgan fingerprint density at radius 3 is 2.50 bits per heavy atom. The predicted octanol–water partition coefficient (Wildman–Crippen LogP) is 2.70. The van der Waals surface area contributed by atoms with Crippen LogP contribution < -0.4 is 5.32 Å². The fraction of sp³-hybridized carbons (Fsp3) is 0.429. The second-order valence-electron chi connectivity index (χ2n) is 4.74. The summed E-state index contributed by atoms with van der Waals surface area (Å²) in [6.45, 7) is 2.49. The molecule has 2 amide bonds. The Morgan fingerprint density at radius 1 is 1.35 bits per heavy atom. The number of carboxylic acid groups (broad SMARTS) is 1.